The molecule has 14 nitrogen and oxygen atoms in total. The maximum absolute atomic E-state index is 13.8. The third kappa shape index (κ3) is 9.35. The fourth-order valence-corrected chi connectivity index (χ4v) is 5.23. The minimum atomic E-state index is -4.81. The second kappa shape index (κ2) is 15.6. The van der Waals surface area contributed by atoms with Crippen LogP contribution in [0.1, 0.15) is 47.3 Å². The first-order valence-corrected chi connectivity index (χ1v) is 15.4. The first-order chi connectivity index (χ1) is 22.4. The van der Waals surface area contributed by atoms with Gasteiger partial charge in [-0.3, -0.25) is 23.1 Å². The molecule has 4 N–H and O–H groups in total. The lowest BCUT2D eigenvalue weighted by Gasteiger charge is -2.29. The van der Waals surface area contributed by atoms with Crippen molar-refractivity contribution >= 4 is 46.4 Å². The van der Waals surface area contributed by atoms with E-state index in [1.54, 1.807) is 0 Å². The fraction of sp³-hybridized carbons (Fsp3) is 0.379. The van der Waals surface area contributed by atoms with Crippen LogP contribution in [0.15, 0.2) is 49.4 Å². The van der Waals surface area contributed by atoms with Crippen LogP contribution < -0.4 is 30.3 Å². The van der Waals surface area contributed by atoms with Crippen molar-refractivity contribution in [3.05, 3.63) is 66.3 Å². The van der Waals surface area contributed by atoms with Gasteiger partial charge in [0.1, 0.15) is 22.8 Å². The summed E-state index contributed by atoms with van der Waals surface area (Å²) in [5.41, 5.74) is -0.520. The summed E-state index contributed by atoms with van der Waals surface area (Å²) in [4.78, 5) is 40.2. The van der Waals surface area contributed by atoms with E-state index in [0.29, 0.717) is 18.3 Å². The van der Waals surface area contributed by atoms with Crippen molar-refractivity contribution in [1.82, 2.24) is 30.6 Å². The van der Waals surface area contributed by atoms with Crippen LogP contribution >= 0.6 is 0 Å². The van der Waals surface area contributed by atoms with E-state index in [9.17, 15) is 31.5 Å². The molecule has 0 saturated heterocycles. The van der Waals surface area contributed by atoms with Crippen LogP contribution in [0.3, 0.4) is 0 Å². The Morgan fingerprint density at radius 1 is 1.17 bits per heavy atom. The largest absolute Gasteiger partial charge is 0.755 e. The Hall–Kier alpha value is -4.84. The van der Waals surface area contributed by atoms with Gasteiger partial charge in [-0.25, -0.2) is 9.97 Å². The van der Waals surface area contributed by atoms with Gasteiger partial charge in [0.05, 0.1) is 19.3 Å². The summed E-state index contributed by atoms with van der Waals surface area (Å²) in [6, 6.07) is 4.61. The first kappa shape index (κ1) is 35.0. The van der Waals surface area contributed by atoms with Crippen molar-refractivity contribution in [2.45, 2.75) is 44.4 Å². The smallest absolute Gasteiger partial charge is 0.421 e. The van der Waals surface area contributed by atoms with E-state index in [2.05, 4.69) is 47.8 Å². The molecule has 1 aromatic carbocycles. The molecular formula is C29H33F3N9O5S-. The predicted molar refractivity (Wildman–Crippen MR) is 166 cm³/mol. The van der Waals surface area contributed by atoms with Crippen molar-refractivity contribution < 1.29 is 36.3 Å². The summed E-state index contributed by atoms with van der Waals surface area (Å²) >= 11 is -2.69. The topological polar surface area (TPSA) is 186 Å². The number of ether oxygens (including phenoxy) is 1. The minimum absolute atomic E-state index is 0.0562. The molecule has 4 rings (SSSR count). The summed E-state index contributed by atoms with van der Waals surface area (Å²) < 4.78 is 70.4. The molecular weight excluding hydrogens is 643 g/mol. The lowest BCUT2D eigenvalue weighted by Crippen LogP contribution is -2.39. The first-order valence-electron chi connectivity index (χ1n) is 14.4. The van der Waals surface area contributed by atoms with Gasteiger partial charge >= 0.3 is 6.18 Å². The number of carbonyl (C=O) groups is 2. The lowest BCUT2D eigenvalue weighted by atomic mass is 9.86. The Morgan fingerprint density at radius 2 is 1.89 bits per heavy atom. The van der Waals surface area contributed by atoms with Gasteiger partial charge in [0.15, 0.2) is 5.82 Å². The van der Waals surface area contributed by atoms with Gasteiger partial charge < -0.3 is 30.6 Å². The van der Waals surface area contributed by atoms with Crippen molar-refractivity contribution in [2.75, 3.05) is 35.6 Å². The highest BCUT2D eigenvalue weighted by Crippen LogP contribution is 2.35. The van der Waals surface area contributed by atoms with E-state index in [0.717, 1.165) is 30.0 Å². The van der Waals surface area contributed by atoms with Crippen molar-refractivity contribution in [1.29, 1.82) is 0 Å². The molecule has 2 amide bonds. The molecule has 0 bridgehead atoms. The molecule has 1 aliphatic rings. The standard InChI is InChI=1S/C29H34F3N9O5S/c1-4-24(42)38-19-8-5-17(6-9-19)14-36-27(43)18-7-10-21(23(13-18)46-3)39-28-37-15-20(29(30,31)32)25(40-28)35-16-22-26(34-12-11-33-22)41(2)47(44)45/h4,7,10-13,15,17,19H,1,5-6,8-9,14,16H2,2-3H3,(H,36,43)(H,38,42)(H,44,45)(H2,35,37,39,40)/p-1. The van der Waals surface area contributed by atoms with E-state index >= 15 is 0 Å². The number of nitrogens with zero attached hydrogens (tertiary/aromatic N) is 5. The zero-order chi connectivity index (χ0) is 34.1. The SMILES string of the molecule is C=CC(=O)NC1CCC(CNC(=O)c2ccc(Nc3ncc(C(F)(F)F)c(NCc4nccnc4N(C)S(=O)[O-])n3)c(OC)c2)CC1. The number of halogens is 3. The number of rotatable bonds is 13. The van der Waals surface area contributed by atoms with Crippen LogP contribution in [0, 0.1) is 5.92 Å². The maximum Gasteiger partial charge on any atom is 0.421 e. The third-order valence-corrected chi connectivity index (χ3v) is 8.05. The molecule has 1 unspecified atom stereocenters. The summed E-state index contributed by atoms with van der Waals surface area (Å²) in [7, 11) is 2.59. The van der Waals surface area contributed by atoms with Gasteiger partial charge in [0.2, 0.25) is 11.9 Å². The van der Waals surface area contributed by atoms with Gasteiger partial charge in [0, 0.05) is 55.1 Å². The van der Waals surface area contributed by atoms with Gasteiger partial charge in [-0.2, -0.15) is 18.2 Å². The summed E-state index contributed by atoms with van der Waals surface area (Å²) in [6.45, 7) is 3.58. The molecule has 3 aromatic rings. The number of alkyl halides is 3. The molecule has 0 aliphatic heterocycles. The van der Waals surface area contributed by atoms with Crippen molar-refractivity contribution in [3.63, 3.8) is 0 Å². The zero-order valence-electron chi connectivity index (χ0n) is 25.5. The molecule has 252 valence electrons. The zero-order valence-corrected chi connectivity index (χ0v) is 26.3. The fourth-order valence-electron chi connectivity index (χ4n) is 4.94. The van der Waals surface area contributed by atoms with Gasteiger partial charge in [-0.15, -0.1) is 0 Å². The number of hydrogen-bond donors (Lipinski definition) is 4. The molecule has 2 aromatic heterocycles. The molecule has 2 heterocycles. The number of nitrogens with one attached hydrogen (secondary N) is 4. The number of benzene rings is 1. The minimum Gasteiger partial charge on any atom is -0.755 e. The third-order valence-electron chi connectivity index (χ3n) is 7.43. The summed E-state index contributed by atoms with van der Waals surface area (Å²) in [5, 5.41) is 11.2. The van der Waals surface area contributed by atoms with E-state index in [1.807, 2.05) is 0 Å². The average molecular weight is 677 g/mol. The highest BCUT2D eigenvalue weighted by molar-refractivity contribution is 7.80. The van der Waals surface area contributed by atoms with Crippen LogP contribution in [-0.4, -0.2) is 67.3 Å². The van der Waals surface area contributed by atoms with Crippen molar-refractivity contribution in [2.24, 2.45) is 5.92 Å². The number of methoxy groups -OCH3 is 1. The van der Waals surface area contributed by atoms with Crippen LogP contribution in [-0.2, 0) is 28.8 Å². The van der Waals surface area contributed by atoms with Gasteiger partial charge in [-0.1, -0.05) is 6.58 Å². The lowest BCUT2D eigenvalue weighted by molar-refractivity contribution is -0.137. The number of carbonyl (C=O) groups excluding carboxylic acids is 2. The van der Waals surface area contributed by atoms with E-state index in [-0.39, 0.29) is 59.2 Å². The van der Waals surface area contributed by atoms with Crippen LogP contribution in [0.5, 0.6) is 5.75 Å². The number of amides is 2. The molecule has 1 atom stereocenters. The predicted octanol–water partition coefficient (Wildman–Crippen LogP) is 3.47. The highest BCUT2D eigenvalue weighted by atomic mass is 32.2. The molecule has 1 aliphatic carbocycles. The quantitative estimate of drug-likeness (QED) is 0.153. The second-order valence-corrected chi connectivity index (χ2v) is 11.5. The van der Waals surface area contributed by atoms with Gasteiger partial charge in [-0.05, 0) is 55.9 Å². The van der Waals surface area contributed by atoms with E-state index < -0.39 is 28.8 Å². The van der Waals surface area contributed by atoms with Crippen LogP contribution in [0.2, 0.25) is 0 Å². The number of anilines is 4. The second-order valence-electron chi connectivity index (χ2n) is 10.5. The van der Waals surface area contributed by atoms with Crippen LogP contribution in [0.25, 0.3) is 0 Å². The Labute approximate surface area is 271 Å². The number of hydrogen-bond acceptors (Lipinski definition) is 11. The Morgan fingerprint density at radius 3 is 2.55 bits per heavy atom. The monoisotopic (exact) mass is 676 g/mol. The van der Waals surface area contributed by atoms with Crippen LogP contribution in [0.4, 0.5) is 36.4 Å². The molecule has 18 heteroatoms. The number of aromatic nitrogens is 4. The molecule has 1 fully saturated rings. The van der Waals surface area contributed by atoms with Crippen molar-refractivity contribution in [3.8, 4) is 5.75 Å². The summed E-state index contributed by atoms with van der Waals surface area (Å²) in [5.74, 6) is -0.942. The summed E-state index contributed by atoms with van der Waals surface area (Å²) in [6.07, 6.45) is 2.85. The Kier molecular flexibility index (Phi) is 11.7. The maximum atomic E-state index is 13.8. The molecule has 0 radical (unpaired) electrons. The Bertz CT molecular complexity index is 1620. The average Bonchev–Trinajstić information content (AvgIpc) is 3.06. The Balaban J connectivity index is 1.44. The van der Waals surface area contributed by atoms with Gasteiger partial charge in [0.25, 0.3) is 5.91 Å². The van der Waals surface area contributed by atoms with E-state index in [1.165, 1.54) is 50.8 Å². The molecule has 0 spiro atoms. The normalized spacial score (nSPS) is 16.8. The van der Waals surface area contributed by atoms with E-state index in [4.69, 9.17) is 4.74 Å². The molecule has 47 heavy (non-hydrogen) atoms. The molecule has 1 saturated carbocycles. The highest BCUT2D eigenvalue weighted by Gasteiger charge is 2.35.